The van der Waals surface area contributed by atoms with Crippen LogP contribution in [0.25, 0.3) is 0 Å². The molecular weight excluding hydrogens is 226 g/mol. The number of amides is 2. The number of likely N-dealkylation sites (tertiary alicyclic amines) is 1. The molecule has 1 saturated heterocycles. The first-order valence-electron chi connectivity index (χ1n) is 7.19. The van der Waals surface area contributed by atoms with Gasteiger partial charge in [-0.25, -0.2) is 0 Å². The Hall–Kier alpha value is -0.860. The third-order valence-corrected chi connectivity index (χ3v) is 5.60. The molecule has 3 rings (SSSR count). The number of hydrogen-bond acceptors (Lipinski definition) is 2. The number of carbonyl (C=O) groups excluding carboxylic acids is 2. The van der Waals surface area contributed by atoms with Crippen molar-refractivity contribution >= 4 is 11.8 Å². The van der Waals surface area contributed by atoms with Crippen molar-refractivity contribution in [1.82, 2.24) is 4.90 Å². The third kappa shape index (κ3) is 1.42. The maximum absolute atomic E-state index is 12.6. The molecule has 0 N–H and O–H groups in total. The Morgan fingerprint density at radius 3 is 1.89 bits per heavy atom. The van der Waals surface area contributed by atoms with Crippen molar-refractivity contribution in [3.05, 3.63) is 0 Å². The summed E-state index contributed by atoms with van der Waals surface area (Å²) in [5, 5.41) is 0. The molecule has 100 valence electrons. The molecule has 3 fully saturated rings. The zero-order valence-corrected chi connectivity index (χ0v) is 11.8. The Balaban J connectivity index is 1.91. The van der Waals surface area contributed by atoms with Gasteiger partial charge in [-0.1, -0.05) is 20.8 Å². The SMILES string of the molecule is CC(N1C(=O)C2C3CCC(C3)C2C1=O)C(C)(C)C. The first-order chi connectivity index (χ1) is 8.32. The second-order valence-electron chi connectivity index (χ2n) is 7.47. The van der Waals surface area contributed by atoms with Gasteiger partial charge in [0.15, 0.2) is 0 Å². The second-order valence-corrected chi connectivity index (χ2v) is 7.47. The van der Waals surface area contributed by atoms with Crippen LogP contribution in [-0.4, -0.2) is 22.8 Å². The molecule has 2 aliphatic carbocycles. The zero-order valence-electron chi connectivity index (χ0n) is 11.8. The van der Waals surface area contributed by atoms with E-state index in [-0.39, 0.29) is 35.1 Å². The molecular formula is C15H23NO2. The van der Waals surface area contributed by atoms with Crippen molar-refractivity contribution < 1.29 is 9.59 Å². The normalized spacial score (nSPS) is 40.6. The van der Waals surface area contributed by atoms with Crippen LogP contribution in [0, 0.1) is 29.1 Å². The highest BCUT2D eigenvalue weighted by atomic mass is 16.2. The first-order valence-corrected chi connectivity index (χ1v) is 7.19. The van der Waals surface area contributed by atoms with Gasteiger partial charge in [0.05, 0.1) is 11.8 Å². The maximum atomic E-state index is 12.6. The molecule has 3 nitrogen and oxygen atoms in total. The predicted molar refractivity (Wildman–Crippen MR) is 68.6 cm³/mol. The number of nitrogens with zero attached hydrogens (tertiary/aromatic N) is 1. The zero-order chi connectivity index (χ0) is 13.2. The minimum absolute atomic E-state index is 0.00231. The molecule has 5 atom stereocenters. The third-order valence-electron chi connectivity index (χ3n) is 5.60. The van der Waals surface area contributed by atoms with Gasteiger partial charge in [-0.3, -0.25) is 14.5 Å². The van der Waals surface area contributed by atoms with Gasteiger partial charge in [0, 0.05) is 6.04 Å². The highest BCUT2D eigenvalue weighted by molar-refractivity contribution is 6.06. The number of carbonyl (C=O) groups is 2. The first kappa shape index (κ1) is 12.2. The van der Waals surface area contributed by atoms with Gasteiger partial charge in [0.25, 0.3) is 0 Å². The predicted octanol–water partition coefficient (Wildman–Crippen LogP) is 2.45. The minimum atomic E-state index is -0.0387. The van der Waals surface area contributed by atoms with E-state index in [1.807, 2.05) is 6.92 Å². The van der Waals surface area contributed by atoms with Gasteiger partial charge in [0.2, 0.25) is 11.8 Å². The van der Waals surface area contributed by atoms with Crippen molar-refractivity contribution in [2.45, 2.75) is 53.0 Å². The van der Waals surface area contributed by atoms with E-state index in [4.69, 9.17) is 0 Å². The lowest BCUT2D eigenvalue weighted by molar-refractivity contribution is -0.145. The Bertz CT molecular complexity index is 381. The maximum Gasteiger partial charge on any atom is 0.233 e. The molecule has 0 radical (unpaired) electrons. The quantitative estimate of drug-likeness (QED) is 0.669. The second kappa shape index (κ2) is 3.58. The fourth-order valence-electron chi connectivity index (χ4n) is 4.20. The molecule has 0 spiro atoms. The van der Waals surface area contributed by atoms with Gasteiger partial charge in [-0.15, -0.1) is 0 Å². The van der Waals surface area contributed by atoms with Crippen LogP contribution in [0.5, 0.6) is 0 Å². The Morgan fingerprint density at radius 1 is 1.06 bits per heavy atom. The lowest BCUT2D eigenvalue weighted by atomic mass is 9.81. The van der Waals surface area contributed by atoms with E-state index in [0.717, 1.165) is 19.3 Å². The van der Waals surface area contributed by atoms with Gasteiger partial charge in [0.1, 0.15) is 0 Å². The number of rotatable bonds is 1. The van der Waals surface area contributed by atoms with Crippen LogP contribution in [0.3, 0.4) is 0 Å². The van der Waals surface area contributed by atoms with Crippen LogP contribution in [0.15, 0.2) is 0 Å². The van der Waals surface area contributed by atoms with E-state index >= 15 is 0 Å². The fraction of sp³-hybridized carbons (Fsp3) is 0.867. The summed E-state index contributed by atoms with van der Waals surface area (Å²) >= 11 is 0. The number of hydrogen-bond donors (Lipinski definition) is 0. The molecule has 3 aliphatic rings. The van der Waals surface area contributed by atoms with Crippen LogP contribution in [0.2, 0.25) is 0 Å². The summed E-state index contributed by atoms with van der Waals surface area (Å²) in [6.07, 6.45) is 3.43. The summed E-state index contributed by atoms with van der Waals surface area (Å²) in [5.41, 5.74) is -0.0387. The monoisotopic (exact) mass is 249 g/mol. The van der Waals surface area contributed by atoms with Gasteiger partial charge < -0.3 is 0 Å². The molecule has 2 bridgehead atoms. The van der Waals surface area contributed by atoms with Crippen molar-refractivity contribution in [3.8, 4) is 0 Å². The number of imide groups is 1. The fourth-order valence-corrected chi connectivity index (χ4v) is 4.20. The van der Waals surface area contributed by atoms with Crippen LogP contribution in [0.4, 0.5) is 0 Å². The topological polar surface area (TPSA) is 37.4 Å². The summed E-state index contributed by atoms with van der Waals surface area (Å²) in [6, 6.07) is 0.00231. The van der Waals surface area contributed by atoms with E-state index in [2.05, 4.69) is 20.8 Å². The molecule has 2 amide bonds. The van der Waals surface area contributed by atoms with Crippen LogP contribution >= 0.6 is 0 Å². The smallest absolute Gasteiger partial charge is 0.233 e. The van der Waals surface area contributed by atoms with E-state index in [9.17, 15) is 9.59 Å². The molecule has 2 saturated carbocycles. The van der Waals surface area contributed by atoms with Crippen molar-refractivity contribution in [2.24, 2.45) is 29.1 Å². The summed E-state index contributed by atoms with van der Waals surface area (Å²) < 4.78 is 0. The molecule has 0 aromatic heterocycles. The van der Waals surface area contributed by atoms with Gasteiger partial charge in [-0.2, -0.15) is 0 Å². The summed E-state index contributed by atoms with van der Waals surface area (Å²) in [5.74, 6) is 1.29. The van der Waals surface area contributed by atoms with Gasteiger partial charge >= 0.3 is 0 Å². The molecule has 1 aliphatic heterocycles. The van der Waals surface area contributed by atoms with E-state index < -0.39 is 0 Å². The van der Waals surface area contributed by atoms with Crippen molar-refractivity contribution in [3.63, 3.8) is 0 Å². The molecule has 3 heteroatoms. The van der Waals surface area contributed by atoms with E-state index in [0.29, 0.717) is 11.8 Å². The molecule has 18 heavy (non-hydrogen) atoms. The van der Waals surface area contributed by atoms with Crippen LogP contribution < -0.4 is 0 Å². The standard InChI is InChI=1S/C15H23NO2/c1-8(15(2,3)4)16-13(17)11-9-5-6-10(7-9)12(11)14(16)18/h8-12H,5-7H2,1-4H3. The molecule has 5 unspecified atom stereocenters. The largest absolute Gasteiger partial charge is 0.279 e. The molecule has 0 aromatic carbocycles. The average molecular weight is 249 g/mol. The lowest BCUT2D eigenvalue weighted by Gasteiger charge is -2.34. The Kier molecular flexibility index (Phi) is 2.43. The summed E-state index contributed by atoms with van der Waals surface area (Å²) in [4.78, 5) is 26.8. The number of fused-ring (bicyclic) bond motifs is 5. The van der Waals surface area contributed by atoms with E-state index in [1.165, 1.54) is 0 Å². The van der Waals surface area contributed by atoms with Gasteiger partial charge in [-0.05, 0) is 43.4 Å². The van der Waals surface area contributed by atoms with E-state index in [1.54, 1.807) is 4.90 Å². The van der Waals surface area contributed by atoms with Crippen LogP contribution in [0.1, 0.15) is 47.0 Å². The molecule has 0 aromatic rings. The average Bonchev–Trinajstić information content (AvgIpc) is 2.91. The van der Waals surface area contributed by atoms with Crippen LogP contribution in [-0.2, 0) is 9.59 Å². The lowest BCUT2D eigenvalue weighted by Crippen LogP contribution is -2.46. The van der Waals surface area contributed by atoms with Crippen molar-refractivity contribution in [1.29, 1.82) is 0 Å². The Labute approximate surface area is 109 Å². The summed E-state index contributed by atoms with van der Waals surface area (Å²) in [6.45, 7) is 8.31. The Morgan fingerprint density at radius 2 is 1.50 bits per heavy atom. The summed E-state index contributed by atoms with van der Waals surface area (Å²) in [7, 11) is 0. The minimum Gasteiger partial charge on any atom is -0.279 e. The molecule has 1 heterocycles. The highest BCUT2D eigenvalue weighted by Gasteiger charge is 2.62. The van der Waals surface area contributed by atoms with Crippen molar-refractivity contribution in [2.75, 3.05) is 0 Å². The highest BCUT2D eigenvalue weighted by Crippen LogP contribution is 2.56.